The molecule has 4 heteroatoms. The van der Waals surface area contributed by atoms with Crippen molar-refractivity contribution in [3.63, 3.8) is 0 Å². The maximum Gasteiger partial charge on any atom is 0.219 e. The second-order valence-electron chi connectivity index (χ2n) is 3.80. The molecule has 2 atom stereocenters. The summed E-state index contributed by atoms with van der Waals surface area (Å²) in [6.45, 7) is 1.39. The summed E-state index contributed by atoms with van der Waals surface area (Å²) in [5, 5.41) is 13.1. The molecule has 1 aliphatic carbocycles. The Morgan fingerprint density at radius 3 is 2.88 bits per heavy atom. The van der Waals surface area contributed by atoms with Crippen molar-refractivity contribution in [1.82, 2.24) is 5.32 Å². The van der Waals surface area contributed by atoms with Crippen LogP contribution < -0.4 is 5.32 Å². The average molecular weight is 282 g/mol. The normalized spacial score (nSPS) is 27.3. The Morgan fingerprint density at radius 2 is 2.19 bits per heavy atom. The maximum absolute atomic E-state index is 11.2. The maximum atomic E-state index is 11.2. The van der Waals surface area contributed by atoms with Crippen molar-refractivity contribution in [2.24, 2.45) is 0 Å². The van der Waals surface area contributed by atoms with Gasteiger partial charge in [-0.2, -0.15) is 0 Å². The second kappa shape index (κ2) is 4.03. The fraction of sp³-hybridized carbons (Fsp3) is 0.250. The van der Waals surface area contributed by atoms with E-state index in [0.717, 1.165) is 5.56 Å². The molecule has 1 aliphatic rings. The summed E-state index contributed by atoms with van der Waals surface area (Å²) in [6.07, 6.45) is 3.74. The number of carbonyl (C=O) groups is 1. The number of halogens is 1. The first-order chi connectivity index (χ1) is 7.54. The molecule has 2 N–H and O–H groups in total. The van der Waals surface area contributed by atoms with Gasteiger partial charge in [0.05, 0.1) is 4.83 Å². The third-order valence-electron chi connectivity index (χ3n) is 2.58. The first kappa shape index (κ1) is 11.4. The molecule has 16 heavy (non-hydrogen) atoms. The van der Waals surface area contributed by atoms with Crippen LogP contribution in [0.1, 0.15) is 18.1 Å². The SMILES string of the molecule is CC(=O)NC1(O)c2ccccc2C=CC1Br. The van der Waals surface area contributed by atoms with Crippen LogP contribution in [0.2, 0.25) is 0 Å². The number of carbonyl (C=O) groups excluding carboxylic acids is 1. The lowest BCUT2D eigenvalue weighted by Crippen LogP contribution is -2.52. The third kappa shape index (κ3) is 1.79. The van der Waals surface area contributed by atoms with Gasteiger partial charge in [-0.05, 0) is 5.56 Å². The molecule has 0 radical (unpaired) electrons. The van der Waals surface area contributed by atoms with E-state index in [1.54, 1.807) is 0 Å². The molecule has 1 aromatic rings. The van der Waals surface area contributed by atoms with Gasteiger partial charge in [0.15, 0.2) is 5.72 Å². The molecule has 0 saturated carbocycles. The molecule has 0 aliphatic heterocycles. The highest BCUT2D eigenvalue weighted by molar-refractivity contribution is 9.09. The molecule has 0 aromatic heterocycles. The summed E-state index contributed by atoms with van der Waals surface area (Å²) in [4.78, 5) is 10.8. The van der Waals surface area contributed by atoms with E-state index >= 15 is 0 Å². The highest BCUT2D eigenvalue weighted by Crippen LogP contribution is 2.35. The van der Waals surface area contributed by atoms with Crippen molar-refractivity contribution < 1.29 is 9.90 Å². The minimum absolute atomic E-state index is 0.267. The van der Waals surface area contributed by atoms with Crippen molar-refractivity contribution in [1.29, 1.82) is 0 Å². The van der Waals surface area contributed by atoms with Gasteiger partial charge in [-0.3, -0.25) is 4.79 Å². The molecule has 0 spiro atoms. The minimum atomic E-state index is -1.38. The van der Waals surface area contributed by atoms with Gasteiger partial charge in [-0.1, -0.05) is 52.3 Å². The lowest BCUT2D eigenvalue weighted by molar-refractivity contribution is -0.126. The number of fused-ring (bicyclic) bond motifs is 1. The fourth-order valence-corrected chi connectivity index (χ4v) is 2.38. The monoisotopic (exact) mass is 281 g/mol. The Bertz CT molecular complexity index is 458. The van der Waals surface area contributed by atoms with E-state index in [1.807, 2.05) is 36.4 Å². The number of rotatable bonds is 1. The van der Waals surface area contributed by atoms with Gasteiger partial charge in [-0.15, -0.1) is 0 Å². The standard InChI is InChI=1S/C12H12BrNO2/c1-8(15)14-12(16)10-5-3-2-4-9(10)6-7-11(12)13/h2-7,11,16H,1H3,(H,14,15). The Labute approximate surface area is 102 Å². The number of nitrogens with one attached hydrogen (secondary N) is 1. The predicted molar refractivity (Wildman–Crippen MR) is 65.9 cm³/mol. The van der Waals surface area contributed by atoms with Gasteiger partial charge < -0.3 is 10.4 Å². The summed E-state index contributed by atoms with van der Waals surface area (Å²) in [6, 6.07) is 7.44. The third-order valence-corrected chi connectivity index (χ3v) is 3.55. The van der Waals surface area contributed by atoms with Crippen LogP contribution in [-0.4, -0.2) is 15.8 Å². The molecule has 2 unspecified atom stereocenters. The number of benzene rings is 1. The Balaban J connectivity index is 2.52. The van der Waals surface area contributed by atoms with Gasteiger partial charge >= 0.3 is 0 Å². The molecule has 84 valence electrons. The van der Waals surface area contributed by atoms with E-state index in [0.29, 0.717) is 5.56 Å². The highest BCUT2D eigenvalue weighted by Gasteiger charge is 2.39. The van der Waals surface area contributed by atoms with E-state index in [9.17, 15) is 9.90 Å². The molecule has 2 rings (SSSR count). The van der Waals surface area contributed by atoms with E-state index < -0.39 is 5.72 Å². The Kier molecular flexibility index (Phi) is 2.86. The molecule has 0 bridgehead atoms. The smallest absolute Gasteiger partial charge is 0.219 e. The number of hydrogen-bond donors (Lipinski definition) is 2. The topological polar surface area (TPSA) is 49.3 Å². The number of amides is 1. The molecular formula is C12H12BrNO2. The van der Waals surface area contributed by atoms with E-state index in [1.165, 1.54) is 6.92 Å². The van der Waals surface area contributed by atoms with E-state index in [4.69, 9.17) is 0 Å². The molecule has 0 saturated heterocycles. The molecule has 3 nitrogen and oxygen atoms in total. The van der Waals surface area contributed by atoms with Crippen LogP contribution in [0.25, 0.3) is 6.08 Å². The van der Waals surface area contributed by atoms with Crippen molar-refractivity contribution in [3.05, 3.63) is 41.5 Å². The Morgan fingerprint density at radius 1 is 1.50 bits per heavy atom. The lowest BCUT2D eigenvalue weighted by atomic mass is 9.89. The van der Waals surface area contributed by atoms with Crippen molar-refractivity contribution in [3.8, 4) is 0 Å². The van der Waals surface area contributed by atoms with E-state index in [-0.39, 0.29) is 10.7 Å². The van der Waals surface area contributed by atoms with E-state index in [2.05, 4.69) is 21.2 Å². The van der Waals surface area contributed by atoms with Gasteiger partial charge in [0.2, 0.25) is 5.91 Å². The van der Waals surface area contributed by atoms with Gasteiger partial charge in [0.25, 0.3) is 0 Å². The van der Waals surface area contributed by atoms with Crippen molar-refractivity contribution in [2.75, 3.05) is 0 Å². The molecular weight excluding hydrogens is 270 g/mol. The van der Waals surface area contributed by atoms with Crippen LogP contribution >= 0.6 is 15.9 Å². The summed E-state index contributed by atoms with van der Waals surface area (Å²) in [7, 11) is 0. The number of alkyl halides is 1. The van der Waals surface area contributed by atoms with Crippen molar-refractivity contribution in [2.45, 2.75) is 17.5 Å². The number of hydrogen-bond acceptors (Lipinski definition) is 2. The predicted octanol–water partition coefficient (Wildman–Crippen LogP) is 1.76. The summed E-state index contributed by atoms with van der Waals surface area (Å²) in [5.41, 5.74) is 0.237. The van der Waals surface area contributed by atoms with Gasteiger partial charge in [0, 0.05) is 12.5 Å². The van der Waals surface area contributed by atoms with Gasteiger partial charge in [0.1, 0.15) is 0 Å². The van der Waals surface area contributed by atoms with Crippen LogP contribution in [0, 0.1) is 0 Å². The second-order valence-corrected chi connectivity index (χ2v) is 4.78. The summed E-state index contributed by atoms with van der Waals surface area (Å²) < 4.78 is 0. The minimum Gasteiger partial charge on any atom is -0.366 e. The first-order valence-electron chi connectivity index (χ1n) is 4.97. The lowest BCUT2D eigenvalue weighted by Gasteiger charge is -2.36. The van der Waals surface area contributed by atoms with Crippen LogP contribution in [0.15, 0.2) is 30.3 Å². The summed E-state index contributed by atoms with van der Waals surface area (Å²) in [5.74, 6) is -0.267. The van der Waals surface area contributed by atoms with Crippen LogP contribution in [0.5, 0.6) is 0 Å². The summed E-state index contributed by atoms with van der Waals surface area (Å²) >= 11 is 3.36. The van der Waals surface area contributed by atoms with Gasteiger partial charge in [-0.25, -0.2) is 0 Å². The molecule has 1 aromatic carbocycles. The highest BCUT2D eigenvalue weighted by atomic mass is 79.9. The quantitative estimate of drug-likeness (QED) is 0.609. The zero-order valence-corrected chi connectivity index (χ0v) is 10.4. The first-order valence-corrected chi connectivity index (χ1v) is 5.88. The van der Waals surface area contributed by atoms with Crippen LogP contribution in [0.4, 0.5) is 0 Å². The number of aliphatic hydroxyl groups is 1. The zero-order valence-electron chi connectivity index (χ0n) is 8.77. The molecule has 1 amide bonds. The molecule has 0 heterocycles. The average Bonchev–Trinajstić information content (AvgIpc) is 2.23. The fourth-order valence-electron chi connectivity index (χ4n) is 1.87. The molecule has 0 fully saturated rings. The van der Waals surface area contributed by atoms with Crippen molar-refractivity contribution >= 4 is 27.9 Å². The zero-order chi connectivity index (χ0) is 11.8. The largest absolute Gasteiger partial charge is 0.366 e. The van der Waals surface area contributed by atoms with Crippen LogP contribution in [0.3, 0.4) is 0 Å². The Hall–Kier alpha value is -1.13. The van der Waals surface area contributed by atoms with Crippen LogP contribution in [-0.2, 0) is 10.5 Å².